The average molecular weight is 599 g/mol. The van der Waals surface area contributed by atoms with E-state index in [1.54, 1.807) is 12.1 Å². The predicted molar refractivity (Wildman–Crippen MR) is 152 cm³/mol. The van der Waals surface area contributed by atoms with Crippen LogP contribution in [0.5, 0.6) is 5.75 Å². The first-order chi connectivity index (χ1) is 19.5. The number of phenolic OH excluding ortho intramolecular Hbond substituents is 1. The molecule has 1 heterocycles. The number of alkyl halides is 1. The number of amides is 3. The minimum Gasteiger partial charge on any atom is -0.508 e. The molecular formula is C28H43ClN4O8. The molecular weight excluding hydrogens is 556 g/mol. The normalized spacial score (nSPS) is 18.7. The Morgan fingerprint density at radius 2 is 1.68 bits per heavy atom. The van der Waals surface area contributed by atoms with Gasteiger partial charge in [0.1, 0.15) is 30.0 Å². The largest absolute Gasteiger partial charge is 0.508 e. The molecule has 13 heteroatoms. The Kier molecular flexibility index (Phi) is 14.3. The number of phenols is 1. The summed E-state index contributed by atoms with van der Waals surface area (Å²) in [6, 6.07) is 1.31. The minimum absolute atomic E-state index is 0.0212. The van der Waals surface area contributed by atoms with Crippen LogP contribution in [0.2, 0.25) is 0 Å². The fourth-order valence-corrected chi connectivity index (χ4v) is 4.99. The van der Waals surface area contributed by atoms with Crippen molar-refractivity contribution < 1.29 is 39.6 Å². The second kappa shape index (κ2) is 17.1. The number of carboxylic acid groups (broad SMARTS) is 1. The van der Waals surface area contributed by atoms with Crippen LogP contribution in [0.25, 0.3) is 0 Å². The Morgan fingerprint density at radius 3 is 2.29 bits per heavy atom. The Hall–Kier alpha value is -2.93. The van der Waals surface area contributed by atoms with Crippen molar-refractivity contribution in [3.63, 3.8) is 0 Å². The van der Waals surface area contributed by atoms with Crippen LogP contribution >= 0.6 is 11.6 Å². The number of nitrogens with one attached hydrogen (secondary N) is 2. The number of hydrogen-bond donors (Lipinski definition) is 7. The van der Waals surface area contributed by atoms with Crippen LogP contribution in [-0.4, -0.2) is 97.8 Å². The molecule has 6 atom stereocenters. The average Bonchev–Trinajstić information content (AvgIpc) is 3.43. The van der Waals surface area contributed by atoms with Gasteiger partial charge in [-0.15, -0.1) is 11.6 Å². The second-order valence-corrected chi connectivity index (χ2v) is 10.9. The third-order valence-electron chi connectivity index (χ3n) is 7.22. The molecule has 0 spiro atoms. The summed E-state index contributed by atoms with van der Waals surface area (Å²) < 4.78 is 0. The van der Waals surface area contributed by atoms with Gasteiger partial charge >= 0.3 is 5.97 Å². The third kappa shape index (κ3) is 10.8. The van der Waals surface area contributed by atoms with Gasteiger partial charge in [-0.1, -0.05) is 37.8 Å². The maximum atomic E-state index is 13.4. The zero-order chi connectivity index (χ0) is 30.5. The first kappa shape index (κ1) is 34.3. The highest BCUT2D eigenvalue weighted by Gasteiger charge is 2.41. The molecule has 1 fully saturated rings. The summed E-state index contributed by atoms with van der Waals surface area (Å²) in [5, 5.41) is 44.7. The molecule has 230 valence electrons. The molecule has 1 aromatic rings. The number of carbonyl (C=O) groups excluding carboxylic acids is 3. The minimum atomic E-state index is -1.60. The number of aliphatic hydroxyl groups is 2. The number of unbranched alkanes of at least 4 members (excludes halogenated alkanes) is 4. The molecule has 41 heavy (non-hydrogen) atoms. The molecule has 0 bridgehead atoms. The van der Waals surface area contributed by atoms with Gasteiger partial charge in [-0.2, -0.15) is 0 Å². The maximum Gasteiger partial charge on any atom is 0.326 e. The highest BCUT2D eigenvalue weighted by molar-refractivity contribution is 6.17. The summed E-state index contributed by atoms with van der Waals surface area (Å²) >= 11 is 5.66. The van der Waals surface area contributed by atoms with Crippen LogP contribution in [0.15, 0.2) is 24.3 Å². The Bertz CT molecular complexity index is 1010. The molecule has 0 saturated carbocycles. The fraction of sp³-hybridized carbons (Fsp3) is 0.643. The van der Waals surface area contributed by atoms with Gasteiger partial charge in [-0.25, -0.2) is 4.79 Å². The lowest BCUT2D eigenvalue weighted by Gasteiger charge is -2.31. The van der Waals surface area contributed by atoms with Crippen LogP contribution in [0.4, 0.5) is 0 Å². The van der Waals surface area contributed by atoms with Crippen molar-refractivity contribution in [2.75, 3.05) is 12.4 Å². The van der Waals surface area contributed by atoms with Gasteiger partial charge in [-0.3, -0.25) is 14.4 Å². The summed E-state index contributed by atoms with van der Waals surface area (Å²) in [6.07, 6.45) is 2.60. The van der Waals surface area contributed by atoms with Gasteiger partial charge in [0.05, 0.1) is 6.10 Å². The molecule has 1 aliphatic rings. The molecule has 1 saturated heterocycles. The zero-order valence-corrected chi connectivity index (χ0v) is 24.1. The van der Waals surface area contributed by atoms with E-state index in [0.717, 1.165) is 25.7 Å². The van der Waals surface area contributed by atoms with Gasteiger partial charge in [-0.05, 0) is 50.3 Å². The number of benzene rings is 1. The van der Waals surface area contributed by atoms with Gasteiger partial charge in [0.2, 0.25) is 11.8 Å². The standard InChI is InChI=1S/C28H43ClN4O8/c1-17(34)23(32-26(38)24(36)20(30)8-5-3-2-4-6-14-29)27(39)33-15-7-9-22(33)25(37)31-21(28(40)41)16-18-10-12-19(35)13-11-18/h10-13,17,20-24,34-36H,2-9,14-16,30H2,1H3,(H,31,37)(H,32,38)(H,40,41). The van der Waals surface area contributed by atoms with E-state index in [9.17, 15) is 39.6 Å². The van der Waals surface area contributed by atoms with Crippen LogP contribution in [0.3, 0.4) is 0 Å². The van der Waals surface area contributed by atoms with Crippen molar-refractivity contribution in [3.05, 3.63) is 29.8 Å². The summed E-state index contributed by atoms with van der Waals surface area (Å²) in [7, 11) is 0. The summed E-state index contributed by atoms with van der Waals surface area (Å²) in [5.41, 5.74) is 6.58. The molecule has 0 aliphatic carbocycles. The number of likely N-dealkylation sites (tertiary alicyclic amines) is 1. The molecule has 1 aliphatic heterocycles. The van der Waals surface area contributed by atoms with Crippen molar-refractivity contribution in [1.29, 1.82) is 0 Å². The molecule has 6 unspecified atom stereocenters. The molecule has 0 aromatic heterocycles. The van der Waals surface area contributed by atoms with Crippen molar-refractivity contribution in [1.82, 2.24) is 15.5 Å². The van der Waals surface area contributed by atoms with E-state index in [1.165, 1.54) is 24.0 Å². The number of rotatable bonds is 17. The molecule has 2 rings (SSSR count). The predicted octanol–water partition coefficient (Wildman–Crippen LogP) is 0.628. The van der Waals surface area contributed by atoms with E-state index < -0.39 is 60.1 Å². The van der Waals surface area contributed by atoms with E-state index in [-0.39, 0.29) is 25.1 Å². The number of hydrogen-bond acceptors (Lipinski definition) is 8. The first-order valence-corrected chi connectivity index (χ1v) is 14.6. The smallest absolute Gasteiger partial charge is 0.326 e. The molecule has 1 aromatic carbocycles. The highest BCUT2D eigenvalue weighted by atomic mass is 35.5. The maximum absolute atomic E-state index is 13.4. The number of carboxylic acids is 1. The number of aromatic hydroxyl groups is 1. The summed E-state index contributed by atoms with van der Waals surface area (Å²) in [6.45, 7) is 1.47. The lowest BCUT2D eigenvalue weighted by molar-refractivity contribution is -0.147. The quantitative estimate of drug-likeness (QED) is 0.0991. The van der Waals surface area contributed by atoms with Gasteiger partial charge in [0.15, 0.2) is 0 Å². The number of nitrogens with zero attached hydrogens (tertiary/aromatic N) is 1. The van der Waals surface area contributed by atoms with Crippen LogP contribution < -0.4 is 16.4 Å². The Balaban J connectivity index is 2.00. The zero-order valence-electron chi connectivity index (χ0n) is 23.4. The number of aliphatic hydroxyl groups excluding tert-OH is 2. The van der Waals surface area contributed by atoms with E-state index in [2.05, 4.69) is 10.6 Å². The van der Waals surface area contributed by atoms with Crippen molar-refractivity contribution in [3.8, 4) is 5.75 Å². The lowest BCUT2D eigenvalue weighted by atomic mass is 10.0. The molecule has 12 nitrogen and oxygen atoms in total. The number of nitrogens with two attached hydrogens (primary N) is 1. The van der Waals surface area contributed by atoms with Crippen molar-refractivity contribution >= 4 is 35.3 Å². The summed E-state index contributed by atoms with van der Waals surface area (Å²) in [4.78, 5) is 52.2. The lowest BCUT2D eigenvalue weighted by Crippen LogP contribution is -2.60. The Morgan fingerprint density at radius 1 is 1.05 bits per heavy atom. The first-order valence-electron chi connectivity index (χ1n) is 14.1. The number of carbonyl (C=O) groups is 4. The third-order valence-corrected chi connectivity index (χ3v) is 7.49. The number of halogens is 1. The van der Waals surface area contributed by atoms with Gasteiger partial charge in [0, 0.05) is 24.9 Å². The van der Waals surface area contributed by atoms with Crippen LogP contribution in [-0.2, 0) is 25.6 Å². The van der Waals surface area contributed by atoms with E-state index in [0.29, 0.717) is 30.7 Å². The van der Waals surface area contributed by atoms with Gasteiger partial charge in [0.25, 0.3) is 5.91 Å². The molecule has 0 radical (unpaired) electrons. The highest BCUT2D eigenvalue weighted by Crippen LogP contribution is 2.20. The summed E-state index contributed by atoms with van der Waals surface area (Å²) in [5.74, 6) is -2.94. The van der Waals surface area contributed by atoms with Gasteiger partial charge < -0.3 is 41.7 Å². The van der Waals surface area contributed by atoms with Crippen molar-refractivity contribution in [2.24, 2.45) is 5.73 Å². The SMILES string of the molecule is CC(O)C(NC(=O)C(O)C(N)CCCCCCCCl)C(=O)N1CCCC1C(=O)NC(Cc1ccc(O)cc1)C(=O)O. The fourth-order valence-electron chi connectivity index (χ4n) is 4.80. The van der Waals surface area contributed by atoms with Crippen LogP contribution in [0, 0.1) is 0 Å². The van der Waals surface area contributed by atoms with Crippen LogP contribution in [0.1, 0.15) is 63.9 Å². The number of aliphatic carboxylic acids is 1. The second-order valence-electron chi connectivity index (χ2n) is 10.5. The molecule has 3 amide bonds. The van der Waals surface area contributed by atoms with E-state index >= 15 is 0 Å². The Labute approximate surface area is 245 Å². The molecule has 8 N–H and O–H groups in total. The van der Waals surface area contributed by atoms with E-state index in [1.807, 2.05) is 0 Å². The monoisotopic (exact) mass is 598 g/mol. The van der Waals surface area contributed by atoms with Crippen molar-refractivity contribution in [2.45, 2.75) is 101 Å². The topological polar surface area (TPSA) is 203 Å². The van der Waals surface area contributed by atoms with E-state index in [4.69, 9.17) is 17.3 Å².